The summed E-state index contributed by atoms with van der Waals surface area (Å²) in [4.78, 5) is 0. The quantitative estimate of drug-likeness (QED) is 0.689. The SMILES string of the molecule is C1CCC([SiH2]O[SiH2]C2CCCCC2)CC1. The molecule has 0 aromatic carbocycles. The van der Waals surface area contributed by atoms with Gasteiger partial charge in [-0.15, -0.1) is 0 Å². The van der Waals surface area contributed by atoms with Crippen LogP contribution in [0.1, 0.15) is 64.2 Å². The highest BCUT2D eigenvalue weighted by molar-refractivity contribution is 6.44. The van der Waals surface area contributed by atoms with Crippen molar-refractivity contribution in [2.24, 2.45) is 0 Å². The summed E-state index contributed by atoms with van der Waals surface area (Å²) in [7, 11) is -0.235. The highest BCUT2D eigenvalue weighted by Crippen LogP contribution is 2.30. The van der Waals surface area contributed by atoms with Gasteiger partial charge >= 0.3 is 0 Å². The van der Waals surface area contributed by atoms with E-state index in [9.17, 15) is 0 Å². The summed E-state index contributed by atoms with van der Waals surface area (Å²) >= 11 is 0. The Balaban J connectivity index is 1.53. The first kappa shape index (κ1) is 11.9. The molecule has 0 heterocycles. The van der Waals surface area contributed by atoms with Crippen molar-refractivity contribution in [3.63, 3.8) is 0 Å². The topological polar surface area (TPSA) is 9.23 Å². The second-order valence-corrected chi connectivity index (χ2v) is 10.2. The van der Waals surface area contributed by atoms with E-state index in [1.807, 2.05) is 0 Å². The van der Waals surface area contributed by atoms with E-state index in [-0.39, 0.29) is 19.5 Å². The predicted molar refractivity (Wildman–Crippen MR) is 71.8 cm³/mol. The zero-order valence-corrected chi connectivity index (χ0v) is 12.9. The molecular weight excluding hydrogens is 216 g/mol. The lowest BCUT2D eigenvalue weighted by molar-refractivity contribution is 0.451. The Kier molecular flexibility index (Phi) is 5.43. The third-order valence-corrected chi connectivity index (χ3v) is 8.62. The lowest BCUT2D eigenvalue weighted by atomic mass is 10.0. The average molecular weight is 243 g/mol. The van der Waals surface area contributed by atoms with Crippen LogP contribution in [0, 0.1) is 0 Å². The minimum absolute atomic E-state index is 0.118. The van der Waals surface area contributed by atoms with Crippen molar-refractivity contribution in [2.45, 2.75) is 75.3 Å². The van der Waals surface area contributed by atoms with Crippen LogP contribution in [0.25, 0.3) is 0 Å². The van der Waals surface area contributed by atoms with Crippen LogP contribution in [-0.2, 0) is 4.12 Å². The third kappa shape index (κ3) is 4.41. The van der Waals surface area contributed by atoms with E-state index in [1.165, 1.54) is 64.2 Å². The lowest BCUT2D eigenvalue weighted by Crippen LogP contribution is -2.18. The highest BCUT2D eigenvalue weighted by Gasteiger charge is 2.17. The van der Waals surface area contributed by atoms with Gasteiger partial charge in [-0.3, -0.25) is 0 Å². The van der Waals surface area contributed by atoms with Crippen LogP contribution in [0.3, 0.4) is 0 Å². The summed E-state index contributed by atoms with van der Waals surface area (Å²) in [6, 6.07) is 0. The van der Waals surface area contributed by atoms with Gasteiger partial charge in [0.2, 0.25) is 0 Å². The van der Waals surface area contributed by atoms with Gasteiger partial charge in [-0.2, -0.15) is 0 Å². The lowest BCUT2D eigenvalue weighted by Gasteiger charge is -2.24. The smallest absolute Gasteiger partial charge is 0.149 e. The molecule has 2 aliphatic rings. The predicted octanol–water partition coefficient (Wildman–Crippen LogP) is 2.68. The van der Waals surface area contributed by atoms with E-state index in [4.69, 9.17) is 4.12 Å². The van der Waals surface area contributed by atoms with Gasteiger partial charge in [0.15, 0.2) is 0 Å². The van der Waals surface area contributed by atoms with E-state index in [0.717, 1.165) is 11.1 Å². The molecule has 0 aromatic rings. The molecule has 0 unspecified atom stereocenters. The van der Waals surface area contributed by atoms with Crippen LogP contribution in [0.4, 0.5) is 0 Å². The van der Waals surface area contributed by atoms with Crippen molar-refractivity contribution in [3.8, 4) is 0 Å². The van der Waals surface area contributed by atoms with Crippen LogP contribution in [0.5, 0.6) is 0 Å². The van der Waals surface area contributed by atoms with Crippen LogP contribution in [-0.4, -0.2) is 19.5 Å². The van der Waals surface area contributed by atoms with E-state index < -0.39 is 0 Å². The standard InChI is InChI=1S/C12H26OSi2/c1-3-7-11(8-4-1)14-13-15-12-9-5-2-6-10-12/h11-12H,1-10,14-15H2. The van der Waals surface area contributed by atoms with Gasteiger partial charge in [0.1, 0.15) is 19.5 Å². The summed E-state index contributed by atoms with van der Waals surface area (Å²) in [5.74, 6) is 0. The fraction of sp³-hybridized carbons (Fsp3) is 1.00. The zero-order chi connectivity index (χ0) is 10.3. The maximum atomic E-state index is 6.19. The molecule has 1 nitrogen and oxygen atoms in total. The molecule has 0 saturated heterocycles. The van der Waals surface area contributed by atoms with Crippen molar-refractivity contribution < 1.29 is 4.12 Å². The number of hydrogen-bond acceptors (Lipinski definition) is 1. The van der Waals surface area contributed by atoms with Gasteiger partial charge in [-0.05, 0) is 11.1 Å². The minimum Gasteiger partial charge on any atom is -0.465 e. The van der Waals surface area contributed by atoms with Crippen molar-refractivity contribution in [1.29, 1.82) is 0 Å². The van der Waals surface area contributed by atoms with Gasteiger partial charge < -0.3 is 4.12 Å². The van der Waals surface area contributed by atoms with E-state index >= 15 is 0 Å². The summed E-state index contributed by atoms with van der Waals surface area (Å²) in [5.41, 5.74) is 2.13. The molecule has 0 amide bonds. The number of rotatable bonds is 4. The van der Waals surface area contributed by atoms with E-state index in [1.54, 1.807) is 0 Å². The molecule has 0 spiro atoms. The highest BCUT2D eigenvalue weighted by atomic mass is 28.3. The Labute approximate surface area is 99.3 Å². The summed E-state index contributed by atoms with van der Waals surface area (Å²) in [6.45, 7) is 0. The van der Waals surface area contributed by atoms with Gasteiger partial charge in [0.25, 0.3) is 0 Å². The Hall–Kier alpha value is 0.394. The second kappa shape index (κ2) is 6.87. The fourth-order valence-electron chi connectivity index (χ4n) is 3.11. The Morgan fingerprint density at radius 1 is 0.600 bits per heavy atom. The monoisotopic (exact) mass is 242 g/mol. The first-order valence-corrected chi connectivity index (χ1v) is 9.81. The molecule has 2 fully saturated rings. The molecule has 0 radical (unpaired) electrons. The zero-order valence-electron chi connectivity index (χ0n) is 10.0. The molecule has 0 atom stereocenters. The molecule has 3 heteroatoms. The fourth-order valence-corrected chi connectivity index (χ4v) is 8.14. The van der Waals surface area contributed by atoms with Gasteiger partial charge in [0, 0.05) is 0 Å². The molecular formula is C12H26OSi2. The molecule has 0 aliphatic heterocycles. The average Bonchev–Trinajstić information content (AvgIpc) is 2.32. The van der Waals surface area contributed by atoms with E-state index in [2.05, 4.69) is 0 Å². The maximum Gasteiger partial charge on any atom is 0.149 e. The molecule has 88 valence electrons. The molecule has 0 N–H and O–H groups in total. The van der Waals surface area contributed by atoms with Crippen LogP contribution in [0.2, 0.25) is 11.1 Å². The first-order valence-electron chi connectivity index (χ1n) is 7.03. The van der Waals surface area contributed by atoms with Crippen molar-refractivity contribution in [1.82, 2.24) is 0 Å². The van der Waals surface area contributed by atoms with Gasteiger partial charge in [-0.25, -0.2) is 0 Å². The van der Waals surface area contributed by atoms with Crippen LogP contribution < -0.4 is 0 Å². The summed E-state index contributed by atoms with van der Waals surface area (Å²) in [6.07, 6.45) is 15.0. The van der Waals surface area contributed by atoms with Crippen molar-refractivity contribution in [2.75, 3.05) is 0 Å². The molecule has 15 heavy (non-hydrogen) atoms. The molecule has 0 bridgehead atoms. The third-order valence-electron chi connectivity index (χ3n) is 4.16. The normalized spacial score (nSPS) is 27.2. The van der Waals surface area contributed by atoms with Crippen LogP contribution in [0.15, 0.2) is 0 Å². The summed E-state index contributed by atoms with van der Waals surface area (Å²) < 4.78 is 6.19. The molecule has 2 aliphatic carbocycles. The van der Waals surface area contributed by atoms with Crippen LogP contribution >= 0.6 is 0 Å². The minimum atomic E-state index is -0.118. The van der Waals surface area contributed by atoms with E-state index in [0.29, 0.717) is 0 Å². The largest absolute Gasteiger partial charge is 0.465 e. The maximum absolute atomic E-state index is 6.19. The Morgan fingerprint density at radius 2 is 1.00 bits per heavy atom. The van der Waals surface area contributed by atoms with Crippen molar-refractivity contribution >= 4 is 19.5 Å². The number of hydrogen-bond donors (Lipinski definition) is 0. The Morgan fingerprint density at radius 3 is 1.40 bits per heavy atom. The van der Waals surface area contributed by atoms with Gasteiger partial charge in [-0.1, -0.05) is 64.2 Å². The first-order chi connectivity index (χ1) is 7.45. The van der Waals surface area contributed by atoms with Crippen molar-refractivity contribution in [3.05, 3.63) is 0 Å². The second-order valence-electron chi connectivity index (χ2n) is 5.55. The molecule has 2 saturated carbocycles. The summed E-state index contributed by atoms with van der Waals surface area (Å²) in [5, 5.41) is 0. The Bertz CT molecular complexity index is 145. The molecule has 2 rings (SSSR count). The van der Waals surface area contributed by atoms with Gasteiger partial charge in [0.05, 0.1) is 0 Å². The molecule has 0 aromatic heterocycles.